The highest BCUT2D eigenvalue weighted by Crippen LogP contribution is 2.28. The highest BCUT2D eigenvalue weighted by molar-refractivity contribution is 5.95. The Labute approximate surface area is 121 Å². The normalized spacial score (nSPS) is 10.8. The summed E-state index contributed by atoms with van der Waals surface area (Å²) >= 11 is 0. The predicted molar refractivity (Wildman–Crippen MR) is 72.1 cm³/mol. The van der Waals surface area contributed by atoms with Crippen LogP contribution in [0.5, 0.6) is 0 Å². The molecule has 0 aromatic carbocycles. The second-order valence-electron chi connectivity index (χ2n) is 3.94. The standard InChI is InChI=1S/C12H16F3N3O.ClH/c1-3-16-6-7-17-11(19)9-4-5-10(12(13,14)15)18-8(9)2;/h4-5,16H,3,6-7H2,1-2H3,(H,17,19);1H. The van der Waals surface area contributed by atoms with Gasteiger partial charge in [-0.15, -0.1) is 12.4 Å². The van der Waals surface area contributed by atoms with Crippen molar-refractivity contribution < 1.29 is 18.0 Å². The molecule has 4 nitrogen and oxygen atoms in total. The van der Waals surface area contributed by atoms with E-state index in [0.717, 1.165) is 18.7 Å². The van der Waals surface area contributed by atoms with Crippen molar-refractivity contribution in [2.75, 3.05) is 19.6 Å². The summed E-state index contributed by atoms with van der Waals surface area (Å²) in [6, 6.07) is 1.96. The Hall–Kier alpha value is -1.34. The van der Waals surface area contributed by atoms with Crippen molar-refractivity contribution in [2.24, 2.45) is 0 Å². The minimum atomic E-state index is -4.50. The molecule has 1 aromatic heterocycles. The zero-order valence-electron chi connectivity index (χ0n) is 11.2. The Morgan fingerprint density at radius 1 is 1.30 bits per heavy atom. The van der Waals surface area contributed by atoms with Crippen molar-refractivity contribution in [3.8, 4) is 0 Å². The number of alkyl halides is 3. The maximum atomic E-state index is 12.4. The lowest BCUT2D eigenvalue weighted by Crippen LogP contribution is -2.32. The predicted octanol–water partition coefficient (Wildman–Crippen LogP) is 2.17. The Morgan fingerprint density at radius 3 is 2.45 bits per heavy atom. The van der Waals surface area contributed by atoms with E-state index < -0.39 is 17.8 Å². The minimum absolute atomic E-state index is 0. The first-order valence-corrected chi connectivity index (χ1v) is 5.90. The molecule has 8 heteroatoms. The second-order valence-corrected chi connectivity index (χ2v) is 3.94. The zero-order chi connectivity index (χ0) is 14.5. The lowest BCUT2D eigenvalue weighted by Gasteiger charge is -2.10. The molecular weight excluding hydrogens is 295 g/mol. The highest BCUT2D eigenvalue weighted by Gasteiger charge is 2.32. The maximum absolute atomic E-state index is 12.4. The number of pyridine rings is 1. The molecular formula is C12H17ClF3N3O. The van der Waals surface area contributed by atoms with E-state index in [-0.39, 0.29) is 23.7 Å². The molecule has 0 aliphatic rings. The van der Waals surface area contributed by atoms with Crippen molar-refractivity contribution >= 4 is 18.3 Å². The van der Waals surface area contributed by atoms with Gasteiger partial charge in [-0.25, -0.2) is 4.98 Å². The van der Waals surface area contributed by atoms with E-state index in [2.05, 4.69) is 15.6 Å². The molecule has 1 aromatic rings. The van der Waals surface area contributed by atoms with E-state index >= 15 is 0 Å². The van der Waals surface area contributed by atoms with Gasteiger partial charge in [-0.05, 0) is 25.6 Å². The first-order chi connectivity index (χ1) is 8.86. The third-order valence-electron chi connectivity index (χ3n) is 2.46. The highest BCUT2D eigenvalue weighted by atomic mass is 35.5. The molecule has 0 fully saturated rings. The van der Waals surface area contributed by atoms with Crippen molar-refractivity contribution in [1.82, 2.24) is 15.6 Å². The van der Waals surface area contributed by atoms with Crippen molar-refractivity contribution in [1.29, 1.82) is 0 Å². The Bertz CT molecular complexity index is 452. The number of carbonyl (C=O) groups excluding carboxylic acids is 1. The van der Waals surface area contributed by atoms with Crippen LogP contribution in [0.4, 0.5) is 13.2 Å². The van der Waals surface area contributed by atoms with Crippen LogP contribution in [0.3, 0.4) is 0 Å². The van der Waals surface area contributed by atoms with Crippen LogP contribution < -0.4 is 10.6 Å². The van der Waals surface area contributed by atoms with Crippen LogP contribution in [0.25, 0.3) is 0 Å². The molecule has 0 atom stereocenters. The molecule has 0 spiro atoms. The fourth-order valence-corrected chi connectivity index (χ4v) is 1.50. The van der Waals surface area contributed by atoms with Crippen LogP contribution in [0.1, 0.15) is 28.7 Å². The molecule has 2 N–H and O–H groups in total. The third-order valence-corrected chi connectivity index (χ3v) is 2.46. The minimum Gasteiger partial charge on any atom is -0.351 e. The van der Waals surface area contributed by atoms with Gasteiger partial charge < -0.3 is 10.6 Å². The van der Waals surface area contributed by atoms with Crippen LogP contribution in [0, 0.1) is 6.92 Å². The van der Waals surface area contributed by atoms with Crippen LogP contribution >= 0.6 is 12.4 Å². The second kappa shape index (κ2) is 8.06. The number of aromatic nitrogens is 1. The monoisotopic (exact) mass is 311 g/mol. The van der Waals surface area contributed by atoms with Gasteiger partial charge in [0.05, 0.1) is 11.3 Å². The van der Waals surface area contributed by atoms with Gasteiger partial charge in [-0.2, -0.15) is 13.2 Å². The van der Waals surface area contributed by atoms with Gasteiger partial charge in [0.25, 0.3) is 5.91 Å². The summed E-state index contributed by atoms with van der Waals surface area (Å²) in [4.78, 5) is 15.1. The van der Waals surface area contributed by atoms with E-state index in [9.17, 15) is 18.0 Å². The van der Waals surface area contributed by atoms with E-state index in [1.807, 2.05) is 6.92 Å². The van der Waals surface area contributed by atoms with Gasteiger partial charge in [0.15, 0.2) is 0 Å². The molecule has 0 radical (unpaired) electrons. The number of likely N-dealkylation sites (N-methyl/N-ethyl adjacent to an activating group) is 1. The van der Waals surface area contributed by atoms with E-state index in [1.165, 1.54) is 6.92 Å². The van der Waals surface area contributed by atoms with Gasteiger partial charge in [0, 0.05) is 13.1 Å². The Morgan fingerprint density at radius 2 is 1.95 bits per heavy atom. The number of hydrogen-bond acceptors (Lipinski definition) is 3. The molecule has 0 unspecified atom stereocenters. The number of nitrogens with zero attached hydrogens (tertiary/aromatic N) is 1. The topological polar surface area (TPSA) is 54.0 Å². The molecule has 20 heavy (non-hydrogen) atoms. The average Bonchev–Trinajstić information content (AvgIpc) is 2.33. The maximum Gasteiger partial charge on any atom is 0.433 e. The smallest absolute Gasteiger partial charge is 0.351 e. The van der Waals surface area contributed by atoms with Gasteiger partial charge in [0.1, 0.15) is 5.69 Å². The lowest BCUT2D eigenvalue weighted by molar-refractivity contribution is -0.141. The number of halogens is 4. The summed E-state index contributed by atoms with van der Waals surface area (Å²) in [7, 11) is 0. The fraction of sp³-hybridized carbons (Fsp3) is 0.500. The number of carbonyl (C=O) groups is 1. The molecule has 1 rings (SSSR count). The van der Waals surface area contributed by atoms with Crippen LogP contribution in [-0.4, -0.2) is 30.5 Å². The summed E-state index contributed by atoms with van der Waals surface area (Å²) in [5.41, 5.74) is -0.769. The van der Waals surface area contributed by atoms with Gasteiger partial charge in [-0.3, -0.25) is 4.79 Å². The molecule has 1 heterocycles. The number of aryl methyl sites for hydroxylation is 1. The number of nitrogens with one attached hydrogen (secondary N) is 2. The number of hydrogen-bond donors (Lipinski definition) is 2. The van der Waals surface area contributed by atoms with Gasteiger partial charge in [-0.1, -0.05) is 6.92 Å². The fourth-order valence-electron chi connectivity index (χ4n) is 1.50. The van der Waals surface area contributed by atoms with Crippen LogP contribution in [0.15, 0.2) is 12.1 Å². The average molecular weight is 312 g/mol. The van der Waals surface area contributed by atoms with E-state index in [1.54, 1.807) is 0 Å². The van der Waals surface area contributed by atoms with Crippen molar-refractivity contribution in [3.63, 3.8) is 0 Å². The SMILES string of the molecule is CCNCCNC(=O)c1ccc(C(F)(F)F)nc1C.Cl. The molecule has 0 aliphatic carbocycles. The Balaban J connectivity index is 0.00000361. The van der Waals surface area contributed by atoms with Crippen molar-refractivity contribution in [2.45, 2.75) is 20.0 Å². The number of rotatable bonds is 5. The first-order valence-electron chi connectivity index (χ1n) is 5.90. The molecule has 114 valence electrons. The molecule has 0 saturated carbocycles. The van der Waals surface area contributed by atoms with E-state index in [4.69, 9.17) is 0 Å². The third kappa shape index (κ3) is 5.34. The van der Waals surface area contributed by atoms with Crippen LogP contribution in [-0.2, 0) is 6.18 Å². The van der Waals surface area contributed by atoms with Gasteiger partial charge >= 0.3 is 6.18 Å². The van der Waals surface area contributed by atoms with E-state index in [0.29, 0.717) is 13.1 Å². The summed E-state index contributed by atoms with van der Waals surface area (Å²) in [5, 5.41) is 5.63. The quantitative estimate of drug-likeness (QED) is 0.820. The van der Waals surface area contributed by atoms with Crippen molar-refractivity contribution in [3.05, 3.63) is 29.1 Å². The molecule has 0 aliphatic heterocycles. The zero-order valence-corrected chi connectivity index (χ0v) is 12.0. The summed E-state index contributed by atoms with van der Waals surface area (Å²) in [6.45, 7) is 5.12. The summed E-state index contributed by atoms with van der Waals surface area (Å²) < 4.78 is 37.3. The number of amides is 1. The largest absolute Gasteiger partial charge is 0.433 e. The summed E-state index contributed by atoms with van der Waals surface area (Å²) in [6.07, 6.45) is -4.50. The van der Waals surface area contributed by atoms with Crippen LogP contribution in [0.2, 0.25) is 0 Å². The first kappa shape index (κ1) is 18.7. The van der Waals surface area contributed by atoms with Gasteiger partial charge in [0.2, 0.25) is 0 Å². The lowest BCUT2D eigenvalue weighted by atomic mass is 10.1. The molecule has 1 amide bonds. The molecule has 0 bridgehead atoms. The Kier molecular flexibility index (Phi) is 7.52. The molecule has 0 saturated heterocycles. The summed E-state index contributed by atoms with van der Waals surface area (Å²) in [5.74, 6) is -0.420.